The molecule has 1 aliphatic rings. The highest BCUT2D eigenvalue weighted by Crippen LogP contribution is 2.31. The number of benzene rings is 2. The van der Waals surface area contributed by atoms with Crippen LogP contribution >= 0.6 is 0 Å². The fourth-order valence-electron chi connectivity index (χ4n) is 3.40. The lowest BCUT2D eigenvalue weighted by molar-refractivity contribution is -0.939. The molecule has 2 aromatic carbocycles. The van der Waals surface area contributed by atoms with Gasteiger partial charge in [-0.05, 0) is 6.92 Å². The molecule has 1 aliphatic heterocycles. The molecular formula is C20H24NO3+. The van der Waals surface area contributed by atoms with Gasteiger partial charge in [-0.1, -0.05) is 60.7 Å². The third-order valence-corrected chi connectivity index (χ3v) is 4.93. The van der Waals surface area contributed by atoms with Gasteiger partial charge in [0.05, 0.1) is 13.2 Å². The maximum absolute atomic E-state index is 12.7. The Morgan fingerprint density at radius 2 is 1.75 bits per heavy atom. The van der Waals surface area contributed by atoms with Crippen molar-refractivity contribution in [2.75, 3.05) is 32.8 Å². The number of carbonyl (C=O) groups is 1. The molecule has 24 heavy (non-hydrogen) atoms. The lowest BCUT2D eigenvalue weighted by Gasteiger charge is -2.46. The van der Waals surface area contributed by atoms with E-state index in [-0.39, 0.29) is 5.78 Å². The Kier molecular flexibility index (Phi) is 4.81. The van der Waals surface area contributed by atoms with Gasteiger partial charge in [0, 0.05) is 11.1 Å². The van der Waals surface area contributed by atoms with Gasteiger partial charge in [-0.25, -0.2) is 0 Å². The summed E-state index contributed by atoms with van der Waals surface area (Å²) in [7, 11) is 0. The van der Waals surface area contributed by atoms with Gasteiger partial charge in [0.2, 0.25) is 11.6 Å². The molecule has 0 radical (unpaired) electrons. The van der Waals surface area contributed by atoms with E-state index >= 15 is 0 Å². The smallest absolute Gasteiger partial charge is 0.243 e. The van der Waals surface area contributed by atoms with Crippen molar-refractivity contribution in [3.05, 3.63) is 71.8 Å². The van der Waals surface area contributed by atoms with Crippen molar-refractivity contribution in [1.82, 2.24) is 0 Å². The van der Waals surface area contributed by atoms with E-state index in [1.807, 2.05) is 60.7 Å². The maximum Gasteiger partial charge on any atom is 0.243 e. The van der Waals surface area contributed by atoms with E-state index < -0.39 is 5.79 Å². The molecule has 0 aromatic heterocycles. The van der Waals surface area contributed by atoms with Crippen LogP contribution in [0.5, 0.6) is 0 Å². The van der Waals surface area contributed by atoms with Crippen LogP contribution in [0.15, 0.2) is 60.7 Å². The molecule has 2 unspecified atom stereocenters. The normalized spacial score (nSPS) is 26.9. The van der Waals surface area contributed by atoms with E-state index in [0.29, 0.717) is 24.2 Å². The minimum atomic E-state index is -1.34. The summed E-state index contributed by atoms with van der Waals surface area (Å²) in [5.74, 6) is -1.23. The van der Waals surface area contributed by atoms with E-state index in [0.717, 1.165) is 24.2 Å². The lowest BCUT2D eigenvalue weighted by atomic mass is 10.0. The van der Waals surface area contributed by atoms with Gasteiger partial charge in [0.1, 0.15) is 19.6 Å². The topological polar surface area (TPSA) is 46.5 Å². The van der Waals surface area contributed by atoms with Crippen molar-refractivity contribution >= 4 is 5.78 Å². The number of Topliss-reactive ketones (excluding diaryl/α,β-unsaturated/α-hetero) is 1. The molecule has 0 amide bonds. The number of ketones is 1. The number of hydrogen-bond donors (Lipinski definition) is 1. The first-order chi connectivity index (χ1) is 11.6. The lowest BCUT2D eigenvalue weighted by Crippen LogP contribution is -2.63. The maximum atomic E-state index is 12.7. The molecule has 1 saturated heterocycles. The van der Waals surface area contributed by atoms with E-state index in [9.17, 15) is 9.90 Å². The molecule has 0 saturated carbocycles. The van der Waals surface area contributed by atoms with Crippen LogP contribution in [0, 0.1) is 0 Å². The fraction of sp³-hybridized carbons (Fsp3) is 0.350. The highest BCUT2D eigenvalue weighted by atomic mass is 16.6. The molecule has 1 heterocycles. The molecule has 0 spiro atoms. The zero-order valence-electron chi connectivity index (χ0n) is 14.0. The zero-order valence-corrected chi connectivity index (χ0v) is 14.0. The number of aliphatic hydroxyl groups is 1. The molecule has 3 rings (SSSR count). The highest BCUT2D eigenvalue weighted by Gasteiger charge is 2.46. The molecule has 0 bridgehead atoms. The van der Waals surface area contributed by atoms with E-state index in [1.165, 1.54) is 0 Å². The Hall–Kier alpha value is -2.01. The van der Waals surface area contributed by atoms with Crippen molar-refractivity contribution < 1.29 is 19.1 Å². The summed E-state index contributed by atoms with van der Waals surface area (Å²) >= 11 is 0. The number of morpholine rings is 1. The SMILES string of the molecule is CC[N+]1(CC(=O)c2ccccc2)CCOC(O)(c2ccccc2)C1. The second-order valence-electron chi connectivity index (χ2n) is 6.49. The molecule has 4 nitrogen and oxygen atoms in total. The van der Waals surface area contributed by atoms with Crippen LogP contribution in [0.2, 0.25) is 0 Å². The van der Waals surface area contributed by atoms with Crippen LogP contribution < -0.4 is 0 Å². The summed E-state index contributed by atoms with van der Waals surface area (Å²) in [5, 5.41) is 11.0. The van der Waals surface area contributed by atoms with E-state index in [4.69, 9.17) is 4.74 Å². The number of quaternary nitrogens is 1. The fourth-order valence-corrected chi connectivity index (χ4v) is 3.40. The number of nitrogens with zero attached hydrogens (tertiary/aromatic N) is 1. The quantitative estimate of drug-likeness (QED) is 0.678. The summed E-state index contributed by atoms with van der Waals surface area (Å²) in [4.78, 5) is 12.7. The first-order valence-corrected chi connectivity index (χ1v) is 8.42. The summed E-state index contributed by atoms with van der Waals surface area (Å²) in [6.07, 6.45) is 0. The van der Waals surface area contributed by atoms with Gasteiger partial charge in [-0.15, -0.1) is 0 Å². The Balaban J connectivity index is 1.83. The van der Waals surface area contributed by atoms with Crippen molar-refractivity contribution in [1.29, 1.82) is 0 Å². The number of carbonyl (C=O) groups excluding carboxylic acids is 1. The molecule has 126 valence electrons. The third-order valence-electron chi connectivity index (χ3n) is 4.93. The molecule has 0 aliphatic carbocycles. The molecule has 1 N–H and O–H groups in total. The first-order valence-electron chi connectivity index (χ1n) is 8.42. The minimum absolute atomic E-state index is 0.106. The summed E-state index contributed by atoms with van der Waals surface area (Å²) < 4.78 is 6.25. The van der Waals surface area contributed by atoms with Gasteiger partial charge in [-0.2, -0.15) is 0 Å². The predicted molar refractivity (Wildman–Crippen MR) is 92.5 cm³/mol. The summed E-state index contributed by atoms with van der Waals surface area (Å²) in [5.41, 5.74) is 1.46. The van der Waals surface area contributed by atoms with Gasteiger partial charge in [0.25, 0.3) is 0 Å². The number of rotatable bonds is 5. The number of hydrogen-bond acceptors (Lipinski definition) is 3. The second-order valence-corrected chi connectivity index (χ2v) is 6.49. The standard InChI is InChI=1S/C20H24NO3/c1-2-21(15-19(22)17-9-5-3-6-10-17)13-14-24-20(23,16-21)18-11-7-4-8-12-18/h3-12,23H,2,13-16H2,1H3/q+1. The molecular weight excluding hydrogens is 302 g/mol. The first kappa shape index (κ1) is 16.8. The average molecular weight is 326 g/mol. The van der Waals surface area contributed by atoms with Gasteiger partial charge in [0.15, 0.2) is 0 Å². The van der Waals surface area contributed by atoms with Crippen LogP contribution in [0.3, 0.4) is 0 Å². The third kappa shape index (κ3) is 3.41. The van der Waals surface area contributed by atoms with Crippen molar-refractivity contribution in [2.24, 2.45) is 0 Å². The van der Waals surface area contributed by atoms with Crippen LogP contribution in [-0.4, -0.2) is 48.2 Å². The van der Waals surface area contributed by atoms with Crippen molar-refractivity contribution in [3.8, 4) is 0 Å². The van der Waals surface area contributed by atoms with Crippen LogP contribution in [-0.2, 0) is 10.5 Å². The van der Waals surface area contributed by atoms with Crippen LogP contribution in [0.25, 0.3) is 0 Å². The second kappa shape index (κ2) is 6.85. The predicted octanol–water partition coefficient (Wildman–Crippen LogP) is 2.58. The van der Waals surface area contributed by atoms with Gasteiger partial charge >= 0.3 is 0 Å². The zero-order chi connectivity index (χ0) is 17.0. The summed E-state index contributed by atoms with van der Waals surface area (Å²) in [6, 6.07) is 18.8. The highest BCUT2D eigenvalue weighted by molar-refractivity contribution is 5.96. The van der Waals surface area contributed by atoms with Gasteiger partial charge < -0.3 is 14.3 Å². The Bertz CT molecular complexity index is 689. The minimum Gasteiger partial charge on any atom is -0.357 e. The average Bonchev–Trinajstić information content (AvgIpc) is 2.63. The number of ether oxygens (including phenoxy) is 1. The van der Waals surface area contributed by atoms with Crippen molar-refractivity contribution in [2.45, 2.75) is 12.7 Å². The molecule has 2 aromatic rings. The Morgan fingerprint density at radius 3 is 2.38 bits per heavy atom. The Morgan fingerprint density at radius 1 is 1.12 bits per heavy atom. The Labute approximate surface area is 142 Å². The van der Waals surface area contributed by atoms with E-state index in [1.54, 1.807) is 0 Å². The molecule has 2 atom stereocenters. The van der Waals surface area contributed by atoms with Gasteiger partial charge in [-0.3, -0.25) is 4.79 Å². The number of likely N-dealkylation sites (N-methyl/N-ethyl adjacent to an activating group) is 1. The monoisotopic (exact) mass is 326 g/mol. The van der Waals surface area contributed by atoms with Crippen LogP contribution in [0.4, 0.5) is 0 Å². The molecule has 4 heteroatoms. The molecule has 1 fully saturated rings. The van der Waals surface area contributed by atoms with Crippen molar-refractivity contribution in [3.63, 3.8) is 0 Å². The summed E-state index contributed by atoms with van der Waals surface area (Å²) in [6.45, 7) is 4.75. The van der Waals surface area contributed by atoms with E-state index in [2.05, 4.69) is 6.92 Å². The van der Waals surface area contributed by atoms with Crippen LogP contribution in [0.1, 0.15) is 22.8 Å². The largest absolute Gasteiger partial charge is 0.357 e.